The first-order chi connectivity index (χ1) is 10.0. The Hall–Kier alpha value is -0.950. The van der Waals surface area contributed by atoms with E-state index < -0.39 is 10.0 Å². The Morgan fingerprint density at radius 3 is 2.48 bits per heavy atom. The highest BCUT2D eigenvalue weighted by Crippen LogP contribution is 2.17. The predicted molar refractivity (Wildman–Crippen MR) is 83.6 cm³/mol. The summed E-state index contributed by atoms with van der Waals surface area (Å²) in [5.41, 5.74) is 2.84. The van der Waals surface area contributed by atoms with Crippen LogP contribution in [0, 0.1) is 0 Å². The minimum Gasteiger partial charge on any atom is -0.308 e. The third-order valence-electron chi connectivity index (χ3n) is 4.44. The molecular weight excluding hydrogens is 286 g/mol. The van der Waals surface area contributed by atoms with E-state index in [1.165, 1.54) is 17.4 Å². The lowest BCUT2D eigenvalue weighted by Gasteiger charge is -2.36. The summed E-state index contributed by atoms with van der Waals surface area (Å²) in [6.07, 6.45) is 2.35. The van der Waals surface area contributed by atoms with Gasteiger partial charge in [-0.15, -0.1) is 0 Å². The SMILES string of the molecule is CS(=O)(=O)N1CCN(C[C@@H]2Cc3ccccc3CN2)CC1. The second-order valence-corrected chi connectivity index (χ2v) is 8.00. The normalized spacial score (nSPS) is 24.7. The molecule has 0 bridgehead atoms. The highest BCUT2D eigenvalue weighted by molar-refractivity contribution is 7.88. The number of piperazine rings is 1. The van der Waals surface area contributed by atoms with Crippen molar-refractivity contribution in [3.05, 3.63) is 35.4 Å². The van der Waals surface area contributed by atoms with Crippen molar-refractivity contribution in [2.45, 2.75) is 19.0 Å². The molecule has 0 radical (unpaired) electrons. The summed E-state index contributed by atoms with van der Waals surface area (Å²) < 4.78 is 24.6. The van der Waals surface area contributed by atoms with Gasteiger partial charge in [0.05, 0.1) is 6.26 Å². The molecule has 2 aliphatic heterocycles. The van der Waals surface area contributed by atoms with E-state index in [9.17, 15) is 8.42 Å². The molecule has 116 valence electrons. The zero-order valence-corrected chi connectivity index (χ0v) is 13.3. The highest BCUT2D eigenvalue weighted by atomic mass is 32.2. The molecule has 0 spiro atoms. The fraction of sp³-hybridized carbons (Fsp3) is 0.600. The second kappa shape index (κ2) is 6.04. The molecule has 2 heterocycles. The molecule has 0 aromatic heterocycles. The summed E-state index contributed by atoms with van der Waals surface area (Å²) in [7, 11) is -3.03. The van der Waals surface area contributed by atoms with E-state index in [2.05, 4.69) is 34.5 Å². The fourth-order valence-electron chi connectivity index (χ4n) is 3.21. The molecule has 1 atom stereocenters. The zero-order chi connectivity index (χ0) is 14.9. The van der Waals surface area contributed by atoms with Gasteiger partial charge in [0.1, 0.15) is 0 Å². The molecule has 1 N–H and O–H groups in total. The number of nitrogens with zero attached hydrogens (tertiary/aromatic N) is 2. The van der Waals surface area contributed by atoms with Crippen LogP contribution in [0.1, 0.15) is 11.1 Å². The van der Waals surface area contributed by atoms with Crippen LogP contribution in [0.25, 0.3) is 0 Å². The van der Waals surface area contributed by atoms with Crippen LogP contribution >= 0.6 is 0 Å². The van der Waals surface area contributed by atoms with Crippen molar-refractivity contribution in [2.75, 3.05) is 39.0 Å². The van der Waals surface area contributed by atoms with Crippen molar-refractivity contribution in [1.82, 2.24) is 14.5 Å². The van der Waals surface area contributed by atoms with Gasteiger partial charge < -0.3 is 5.32 Å². The van der Waals surface area contributed by atoms with Gasteiger partial charge in [0.15, 0.2) is 0 Å². The Balaban J connectivity index is 1.53. The molecule has 0 unspecified atom stereocenters. The number of rotatable bonds is 3. The average Bonchev–Trinajstić information content (AvgIpc) is 2.47. The lowest BCUT2D eigenvalue weighted by molar-refractivity contribution is 0.170. The first-order valence-corrected chi connectivity index (χ1v) is 9.35. The van der Waals surface area contributed by atoms with E-state index in [1.54, 1.807) is 4.31 Å². The second-order valence-electron chi connectivity index (χ2n) is 6.01. The molecule has 0 aliphatic carbocycles. The maximum Gasteiger partial charge on any atom is 0.211 e. The number of hydrogen-bond acceptors (Lipinski definition) is 4. The van der Waals surface area contributed by atoms with Gasteiger partial charge in [0, 0.05) is 45.3 Å². The molecule has 1 aromatic rings. The Morgan fingerprint density at radius 2 is 1.81 bits per heavy atom. The lowest BCUT2D eigenvalue weighted by atomic mass is 9.95. The number of nitrogens with one attached hydrogen (secondary N) is 1. The highest BCUT2D eigenvalue weighted by Gasteiger charge is 2.26. The monoisotopic (exact) mass is 309 g/mol. The fourth-order valence-corrected chi connectivity index (χ4v) is 4.03. The molecular formula is C15H23N3O2S. The van der Waals surface area contributed by atoms with Gasteiger partial charge in [-0.25, -0.2) is 8.42 Å². The number of fused-ring (bicyclic) bond motifs is 1. The topological polar surface area (TPSA) is 52.7 Å². The van der Waals surface area contributed by atoms with Crippen LogP contribution in [0.2, 0.25) is 0 Å². The summed E-state index contributed by atoms with van der Waals surface area (Å²) in [5, 5.41) is 3.59. The molecule has 3 rings (SSSR count). The molecule has 6 heteroatoms. The predicted octanol–water partition coefficient (Wildman–Crippen LogP) is 0.278. The summed E-state index contributed by atoms with van der Waals surface area (Å²) in [4.78, 5) is 2.37. The standard InChI is InChI=1S/C15H23N3O2S/c1-21(19,20)18-8-6-17(7-9-18)12-15-10-13-4-2-3-5-14(13)11-16-15/h2-5,15-16H,6-12H2,1H3/t15-/m0/s1. The van der Waals surface area contributed by atoms with Crippen LogP contribution in [0.15, 0.2) is 24.3 Å². The van der Waals surface area contributed by atoms with E-state index in [4.69, 9.17) is 0 Å². The van der Waals surface area contributed by atoms with E-state index in [-0.39, 0.29) is 0 Å². The van der Waals surface area contributed by atoms with E-state index in [0.717, 1.165) is 32.6 Å². The third-order valence-corrected chi connectivity index (χ3v) is 5.75. The van der Waals surface area contributed by atoms with Gasteiger partial charge in [-0.1, -0.05) is 24.3 Å². The maximum atomic E-state index is 11.5. The van der Waals surface area contributed by atoms with Gasteiger partial charge in [-0.3, -0.25) is 4.90 Å². The molecule has 1 saturated heterocycles. The minimum atomic E-state index is -3.03. The van der Waals surface area contributed by atoms with E-state index in [0.29, 0.717) is 19.1 Å². The van der Waals surface area contributed by atoms with Gasteiger partial charge >= 0.3 is 0 Å². The minimum absolute atomic E-state index is 0.463. The molecule has 0 saturated carbocycles. The molecule has 1 fully saturated rings. The molecule has 5 nitrogen and oxygen atoms in total. The van der Waals surface area contributed by atoms with Crippen LogP contribution < -0.4 is 5.32 Å². The number of benzene rings is 1. The van der Waals surface area contributed by atoms with E-state index in [1.807, 2.05) is 0 Å². The van der Waals surface area contributed by atoms with Crippen LogP contribution in [0.4, 0.5) is 0 Å². The quantitative estimate of drug-likeness (QED) is 0.871. The average molecular weight is 309 g/mol. The summed E-state index contributed by atoms with van der Waals surface area (Å²) in [6.45, 7) is 4.81. The van der Waals surface area contributed by atoms with Crippen molar-refractivity contribution in [2.24, 2.45) is 0 Å². The van der Waals surface area contributed by atoms with Gasteiger partial charge in [0.25, 0.3) is 0 Å². The van der Waals surface area contributed by atoms with Crippen LogP contribution in [-0.4, -0.2) is 62.6 Å². The zero-order valence-electron chi connectivity index (χ0n) is 12.5. The molecule has 21 heavy (non-hydrogen) atoms. The lowest BCUT2D eigenvalue weighted by Crippen LogP contribution is -2.52. The summed E-state index contributed by atoms with van der Waals surface area (Å²) >= 11 is 0. The Labute approximate surface area is 127 Å². The van der Waals surface area contributed by atoms with Crippen molar-refractivity contribution < 1.29 is 8.42 Å². The van der Waals surface area contributed by atoms with Gasteiger partial charge in [-0.05, 0) is 17.5 Å². The van der Waals surface area contributed by atoms with Crippen molar-refractivity contribution in [3.63, 3.8) is 0 Å². The number of sulfonamides is 1. The summed E-state index contributed by atoms with van der Waals surface area (Å²) in [5.74, 6) is 0. The largest absolute Gasteiger partial charge is 0.308 e. The number of hydrogen-bond donors (Lipinski definition) is 1. The van der Waals surface area contributed by atoms with Crippen molar-refractivity contribution in [1.29, 1.82) is 0 Å². The summed E-state index contributed by atoms with van der Waals surface area (Å²) in [6, 6.07) is 9.05. The van der Waals surface area contributed by atoms with Crippen molar-refractivity contribution >= 4 is 10.0 Å². The third kappa shape index (κ3) is 3.63. The van der Waals surface area contributed by atoms with Crippen LogP contribution in [0.5, 0.6) is 0 Å². The van der Waals surface area contributed by atoms with Gasteiger partial charge in [-0.2, -0.15) is 4.31 Å². The Kier molecular flexibility index (Phi) is 4.31. The smallest absolute Gasteiger partial charge is 0.211 e. The maximum absolute atomic E-state index is 11.5. The molecule has 1 aromatic carbocycles. The first-order valence-electron chi connectivity index (χ1n) is 7.50. The Bertz CT molecular complexity index is 595. The van der Waals surface area contributed by atoms with Crippen LogP contribution in [-0.2, 0) is 23.0 Å². The Morgan fingerprint density at radius 1 is 1.14 bits per heavy atom. The van der Waals surface area contributed by atoms with Gasteiger partial charge in [0.2, 0.25) is 10.0 Å². The van der Waals surface area contributed by atoms with E-state index >= 15 is 0 Å². The van der Waals surface area contributed by atoms with Crippen LogP contribution in [0.3, 0.4) is 0 Å². The van der Waals surface area contributed by atoms with Crippen molar-refractivity contribution in [3.8, 4) is 0 Å². The molecule has 2 aliphatic rings. The molecule has 0 amide bonds. The first kappa shape index (κ1) is 15.0.